The van der Waals surface area contributed by atoms with Crippen LogP contribution in [0.25, 0.3) is 0 Å². The Balaban J connectivity index is 2.06. The summed E-state index contributed by atoms with van der Waals surface area (Å²) < 4.78 is 12.0. The summed E-state index contributed by atoms with van der Waals surface area (Å²) in [5.41, 5.74) is 0. The predicted octanol–water partition coefficient (Wildman–Crippen LogP) is 1.69. The molecule has 0 aromatic heterocycles. The van der Waals surface area contributed by atoms with Crippen LogP contribution in [-0.4, -0.2) is 49.5 Å². The van der Waals surface area contributed by atoms with Gasteiger partial charge in [0.15, 0.2) is 6.04 Å². The summed E-state index contributed by atoms with van der Waals surface area (Å²) in [7, 11) is 2.29. The number of carbonyl (C=O) groups is 1. The lowest BCUT2D eigenvalue weighted by Crippen LogP contribution is -2.61. The monoisotopic (exact) mass is 242 g/mol. The van der Waals surface area contributed by atoms with Crippen molar-refractivity contribution in [1.82, 2.24) is 0 Å². The number of hydrogen-bond donors (Lipinski definition) is 0. The van der Waals surface area contributed by atoms with Crippen molar-refractivity contribution >= 4 is 5.97 Å². The second kappa shape index (κ2) is 5.36. The van der Waals surface area contributed by atoms with E-state index < -0.39 is 0 Å². The Morgan fingerprint density at radius 2 is 1.94 bits per heavy atom. The molecule has 98 valence electrons. The van der Waals surface area contributed by atoms with Crippen molar-refractivity contribution in [3.63, 3.8) is 0 Å². The number of piperidine rings is 1. The van der Waals surface area contributed by atoms with Gasteiger partial charge in [0.25, 0.3) is 6.29 Å². The van der Waals surface area contributed by atoms with E-state index in [2.05, 4.69) is 7.05 Å². The number of quaternary nitrogens is 1. The van der Waals surface area contributed by atoms with Crippen LogP contribution in [0.5, 0.6) is 0 Å². The Hall–Kier alpha value is -0.610. The Bertz CT molecular complexity index is 274. The third-order valence-electron chi connectivity index (χ3n) is 4.16. The van der Waals surface area contributed by atoms with Gasteiger partial charge in [0.2, 0.25) is 0 Å². The summed E-state index contributed by atoms with van der Waals surface area (Å²) in [6.07, 6.45) is 5.74. The fraction of sp³-hybridized carbons (Fsp3) is 0.923. The molecule has 0 saturated carbocycles. The van der Waals surface area contributed by atoms with Crippen LogP contribution in [0, 0.1) is 0 Å². The number of hydrogen-bond acceptors (Lipinski definition) is 3. The first-order valence-corrected chi connectivity index (χ1v) is 6.75. The van der Waals surface area contributed by atoms with Gasteiger partial charge in [0, 0.05) is 13.3 Å². The molecule has 0 radical (unpaired) electrons. The molecule has 0 aromatic rings. The van der Waals surface area contributed by atoms with Crippen molar-refractivity contribution in [2.45, 2.75) is 51.4 Å². The Morgan fingerprint density at radius 1 is 1.24 bits per heavy atom. The van der Waals surface area contributed by atoms with E-state index in [9.17, 15) is 4.79 Å². The fourth-order valence-electron chi connectivity index (χ4n) is 3.19. The van der Waals surface area contributed by atoms with E-state index in [1.165, 1.54) is 39.3 Å². The molecule has 0 amide bonds. The van der Waals surface area contributed by atoms with E-state index in [1.807, 2.05) is 0 Å². The van der Waals surface area contributed by atoms with Crippen molar-refractivity contribution in [2.75, 3.05) is 26.7 Å². The number of esters is 1. The maximum Gasteiger partial charge on any atom is 0.305 e. The smallest absolute Gasteiger partial charge is 0.305 e. The van der Waals surface area contributed by atoms with Gasteiger partial charge in [-0.05, 0) is 25.7 Å². The van der Waals surface area contributed by atoms with E-state index in [-0.39, 0.29) is 12.3 Å². The molecule has 0 aromatic carbocycles. The quantitative estimate of drug-likeness (QED) is 0.546. The minimum Gasteiger partial charge on any atom is -0.429 e. The van der Waals surface area contributed by atoms with E-state index in [0.717, 1.165) is 17.3 Å². The van der Waals surface area contributed by atoms with Gasteiger partial charge in [-0.15, -0.1) is 0 Å². The zero-order chi connectivity index (χ0) is 12.3. The van der Waals surface area contributed by atoms with E-state index in [0.29, 0.717) is 12.6 Å². The van der Waals surface area contributed by atoms with E-state index in [4.69, 9.17) is 9.47 Å². The van der Waals surface area contributed by atoms with Gasteiger partial charge < -0.3 is 14.0 Å². The molecule has 0 aliphatic carbocycles. The first kappa shape index (κ1) is 12.8. The third-order valence-corrected chi connectivity index (χ3v) is 4.16. The number of likely N-dealkylation sites (tertiary alicyclic amines) is 1. The van der Waals surface area contributed by atoms with Crippen LogP contribution in [-0.2, 0) is 14.3 Å². The van der Waals surface area contributed by atoms with Crippen LogP contribution in [0.3, 0.4) is 0 Å². The summed E-state index contributed by atoms with van der Waals surface area (Å²) in [5, 5.41) is 0. The molecule has 2 rings (SSSR count). The van der Waals surface area contributed by atoms with Crippen molar-refractivity contribution in [2.24, 2.45) is 0 Å². The zero-order valence-electron chi connectivity index (χ0n) is 11.0. The first-order chi connectivity index (χ1) is 8.12. The van der Waals surface area contributed by atoms with Crippen molar-refractivity contribution in [3.05, 3.63) is 0 Å². The Labute approximate surface area is 103 Å². The summed E-state index contributed by atoms with van der Waals surface area (Å²) in [4.78, 5) is 11.1. The molecule has 2 aliphatic rings. The number of nitrogens with zero attached hydrogens (tertiary/aromatic N) is 1. The lowest BCUT2D eigenvalue weighted by Gasteiger charge is -2.47. The maximum atomic E-state index is 11.1. The summed E-state index contributed by atoms with van der Waals surface area (Å²) >= 11 is 0. The summed E-state index contributed by atoms with van der Waals surface area (Å²) in [6.45, 7) is 4.55. The summed E-state index contributed by atoms with van der Waals surface area (Å²) in [5.74, 6) is -0.231. The highest BCUT2D eigenvalue weighted by Gasteiger charge is 2.43. The van der Waals surface area contributed by atoms with Gasteiger partial charge in [0.1, 0.15) is 0 Å². The minimum atomic E-state index is -0.329. The number of likely N-dealkylation sites (N-methyl/N-ethyl adjacent to an activating group) is 1. The maximum absolute atomic E-state index is 11.1. The largest absolute Gasteiger partial charge is 0.429 e. The molecule has 0 spiro atoms. The number of rotatable bonds is 2. The van der Waals surface area contributed by atoms with Crippen LogP contribution in [0.15, 0.2) is 0 Å². The van der Waals surface area contributed by atoms with Crippen LogP contribution >= 0.6 is 0 Å². The molecule has 17 heavy (non-hydrogen) atoms. The number of carbonyl (C=O) groups excluding carboxylic acids is 1. The van der Waals surface area contributed by atoms with Gasteiger partial charge in [-0.25, -0.2) is 0 Å². The molecule has 4 nitrogen and oxygen atoms in total. The van der Waals surface area contributed by atoms with Gasteiger partial charge in [-0.2, -0.15) is 0 Å². The molecular formula is C13H24NO3+. The van der Waals surface area contributed by atoms with Crippen molar-refractivity contribution in [3.8, 4) is 0 Å². The van der Waals surface area contributed by atoms with E-state index in [1.54, 1.807) is 0 Å². The van der Waals surface area contributed by atoms with Crippen LogP contribution in [0.4, 0.5) is 0 Å². The van der Waals surface area contributed by atoms with E-state index >= 15 is 0 Å². The second-order valence-corrected chi connectivity index (χ2v) is 5.55. The first-order valence-electron chi connectivity index (χ1n) is 6.75. The molecule has 2 heterocycles. The molecule has 0 bridgehead atoms. The molecule has 2 unspecified atom stereocenters. The van der Waals surface area contributed by atoms with Gasteiger partial charge in [-0.1, -0.05) is 0 Å². The highest BCUT2D eigenvalue weighted by atomic mass is 16.7. The molecule has 2 atom stereocenters. The molecule has 2 saturated heterocycles. The summed E-state index contributed by atoms with van der Waals surface area (Å²) in [6, 6.07) is 0.327. The van der Waals surface area contributed by atoms with Crippen LogP contribution in [0.2, 0.25) is 0 Å². The normalized spacial score (nSPS) is 33.1. The highest BCUT2D eigenvalue weighted by Crippen LogP contribution is 2.29. The SMILES string of the molecule is CC(=O)OC1OCCCC1[N+]1(C)CCCCC1. The fourth-order valence-corrected chi connectivity index (χ4v) is 3.19. The van der Waals surface area contributed by atoms with Crippen LogP contribution in [0.1, 0.15) is 39.0 Å². The molecule has 4 heteroatoms. The molecule has 0 N–H and O–H groups in total. The van der Waals surface area contributed by atoms with Gasteiger partial charge >= 0.3 is 5.97 Å². The second-order valence-electron chi connectivity index (χ2n) is 5.55. The predicted molar refractivity (Wildman–Crippen MR) is 64.3 cm³/mol. The van der Waals surface area contributed by atoms with Crippen molar-refractivity contribution < 1.29 is 18.8 Å². The standard InChI is InChI=1S/C13H24NO3/c1-11(15)17-13-12(7-6-10-16-13)14(2)8-4-3-5-9-14/h12-13H,3-10H2,1-2H3/q+1. The average Bonchev–Trinajstić information content (AvgIpc) is 2.30. The molecule has 2 fully saturated rings. The topological polar surface area (TPSA) is 35.5 Å². The Kier molecular flexibility index (Phi) is 4.05. The van der Waals surface area contributed by atoms with Crippen LogP contribution < -0.4 is 0 Å². The number of ether oxygens (including phenoxy) is 2. The lowest BCUT2D eigenvalue weighted by molar-refractivity contribution is -0.945. The average molecular weight is 242 g/mol. The van der Waals surface area contributed by atoms with Gasteiger partial charge in [-0.3, -0.25) is 4.79 Å². The third kappa shape index (κ3) is 2.99. The molecule has 2 aliphatic heterocycles. The minimum absolute atomic E-state index is 0.231. The molecular weight excluding hydrogens is 218 g/mol. The van der Waals surface area contributed by atoms with Gasteiger partial charge in [0.05, 0.1) is 26.7 Å². The van der Waals surface area contributed by atoms with Crippen molar-refractivity contribution in [1.29, 1.82) is 0 Å². The highest BCUT2D eigenvalue weighted by molar-refractivity contribution is 5.66. The Morgan fingerprint density at radius 3 is 2.59 bits per heavy atom. The lowest BCUT2D eigenvalue weighted by atomic mass is 9.99. The zero-order valence-corrected chi connectivity index (χ0v) is 11.0.